The van der Waals surface area contributed by atoms with Gasteiger partial charge >= 0.3 is 0 Å². The SMILES string of the molecule is CC(=C[N+](=O)[O-])c1ccccc1O. The molecule has 4 nitrogen and oxygen atoms in total. The van der Waals surface area contributed by atoms with Crippen molar-refractivity contribution in [2.75, 3.05) is 0 Å². The quantitative estimate of drug-likeness (QED) is 0.558. The lowest BCUT2D eigenvalue weighted by atomic mass is 10.1. The lowest BCUT2D eigenvalue weighted by Crippen LogP contribution is -1.88. The lowest BCUT2D eigenvalue weighted by Gasteiger charge is -2.00. The van der Waals surface area contributed by atoms with Gasteiger partial charge < -0.3 is 5.11 Å². The predicted octanol–water partition coefficient (Wildman–Crippen LogP) is 2.03. The molecule has 0 aliphatic heterocycles. The molecule has 0 saturated carbocycles. The van der Waals surface area contributed by atoms with Crippen LogP contribution in [0.25, 0.3) is 5.57 Å². The van der Waals surface area contributed by atoms with Crippen molar-refractivity contribution in [2.24, 2.45) is 0 Å². The molecule has 0 aliphatic rings. The third-order valence-corrected chi connectivity index (χ3v) is 1.63. The maximum absolute atomic E-state index is 10.1. The Bertz CT molecular complexity index is 358. The summed E-state index contributed by atoms with van der Waals surface area (Å²) < 4.78 is 0. The van der Waals surface area contributed by atoms with E-state index in [4.69, 9.17) is 0 Å². The zero-order valence-corrected chi connectivity index (χ0v) is 7.10. The van der Waals surface area contributed by atoms with E-state index >= 15 is 0 Å². The molecule has 0 heterocycles. The first-order chi connectivity index (χ1) is 6.11. The monoisotopic (exact) mass is 179 g/mol. The highest BCUT2D eigenvalue weighted by Gasteiger charge is 2.04. The maximum Gasteiger partial charge on any atom is 0.238 e. The van der Waals surface area contributed by atoms with Crippen molar-refractivity contribution in [3.8, 4) is 5.75 Å². The molecule has 68 valence electrons. The van der Waals surface area contributed by atoms with Crippen LogP contribution in [0.4, 0.5) is 0 Å². The Morgan fingerprint density at radius 3 is 2.69 bits per heavy atom. The van der Waals surface area contributed by atoms with Gasteiger partial charge in [0.15, 0.2) is 0 Å². The number of allylic oxidation sites excluding steroid dienone is 1. The van der Waals surface area contributed by atoms with Crippen LogP contribution in [0.1, 0.15) is 12.5 Å². The summed E-state index contributed by atoms with van der Waals surface area (Å²) in [6.45, 7) is 1.58. The minimum Gasteiger partial charge on any atom is -0.507 e. The molecule has 4 heteroatoms. The Morgan fingerprint density at radius 2 is 2.15 bits per heavy atom. The predicted molar refractivity (Wildman–Crippen MR) is 48.8 cm³/mol. The summed E-state index contributed by atoms with van der Waals surface area (Å²) in [5, 5.41) is 19.5. The molecule has 1 aromatic carbocycles. The van der Waals surface area contributed by atoms with E-state index in [-0.39, 0.29) is 5.75 Å². The fourth-order valence-electron chi connectivity index (χ4n) is 1.03. The van der Waals surface area contributed by atoms with E-state index in [2.05, 4.69) is 0 Å². The summed E-state index contributed by atoms with van der Waals surface area (Å²) in [5.41, 5.74) is 0.919. The average Bonchev–Trinajstić information content (AvgIpc) is 2.03. The second-order valence-corrected chi connectivity index (χ2v) is 2.61. The van der Waals surface area contributed by atoms with Gasteiger partial charge in [-0.15, -0.1) is 0 Å². The maximum atomic E-state index is 10.1. The number of hydrogen-bond acceptors (Lipinski definition) is 3. The van der Waals surface area contributed by atoms with Gasteiger partial charge in [-0.25, -0.2) is 0 Å². The van der Waals surface area contributed by atoms with E-state index in [9.17, 15) is 15.2 Å². The van der Waals surface area contributed by atoms with Crippen molar-refractivity contribution in [3.05, 3.63) is 46.1 Å². The largest absolute Gasteiger partial charge is 0.507 e. The average molecular weight is 179 g/mol. The van der Waals surface area contributed by atoms with Crippen LogP contribution in [0, 0.1) is 10.1 Å². The molecule has 1 N–H and O–H groups in total. The summed E-state index contributed by atoms with van der Waals surface area (Å²) >= 11 is 0. The normalized spacial score (nSPS) is 11.3. The molecule has 0 saturated heterocycles. The van der Waals surface area contributed by atoms with Crippen molar-refractivity contribution in [3.63, 3.8) is 0 Å². The first kappa shape index (κ1) is 9.25. The van der Waals surface area contributed by atoms with Gasteiger partial charge in [-0.1, -0.05) is 18.2 Å². The number of rotatable bonds is 2. The Morgan fingerprint density at radius 1 is 1.54 bits per heavy atom. The number of benzene rings is 1. The highest BCUT2D eigenvalue weighted by atomic mass is 16.6. The van der Waals surface area contributed by atoms with Gasteiger partial charge in [0.05, 0.1) is 4.92 Å². The number of hydrogen-bond donors (Lipinski definition) is 1. The summed E-state index contributed by atoms with van der Waals surface area (Å²) in [5.74, 6) is 0.0538. The third kappa shape index (κ3) is 2.30. The molecule has 0 amide bonds. The molecule has 0 spiro atoms. The fourth-order valence-corrected chi connectivity index (χ4v) is 1.03. The molecule has 0 bridgehead atoms. The van der Waals surface area contributed by atoms with E-state index in [1.807, 2.05) is 0 Å². The van der Waals surface area contributed by atoms with Crippen LogP contribution in [0.5, 0.6) is 5.75 Å². The summed E-state index contributed by atoms with van der Waals surface area (Å²) in [7, 11) is 0. The Labute approximate surface area is 75.3 Å². The van der Waals surface area contributed by atoms with Gasteiger partial charge in [0.2, 0.25) is 6.20 Å². The Balaban J connectivity index is 3.08. The van der Waals surface area contributed by atoms with Crippen molar-refractivity contribution in [2.45, 2.75) is 6.92 Å². The smallest absolute Gasteiger partial charge is 0.238 e. The molecule has 0 fully saturated rings. The van der Waals surface area contributed by atoms with Gasteiger partial charge in [0, 0.05) is 11.1 Å². The van der Waals surface area contributed by atoms with E-state index in [1.165, 1.54) is 6.07 Å². The fraction of sp³-hybridized carbons (Fsp3) is 0.111. The zero-order valence-electron chi connectivity index (χ0n) is 7.10. The molecule has 0 atom stereocenters. The molecular weight excluding hydrogens is 170 g/mol. The molecule has 13 heavy (non-hydrogen) atoms. The van der Waals surface area contributed by atoms with Gasteiger partial charge in [-0.3, -0.25) is 10.1 Å². The molecule has 0 aromatic heterocycles. The van der Waals surface area contributed by atoms with Gasteiger partial charge in [0.25, 0.3) is 0 Å². The van der Waals surface area contributed by atoms with Gasteiger partial charge in [0.1, 0.15) is 5.75 Å². The van der Waals surface area contributed by atoms with Crippen molar-refractivity contribution >= 4 is 5.57 Å². The number of nitrogens with zero attached hydrogens (tertiary/aromatic N) is 1. The van der Waals surface area contributed by atoms with E-state index in [0.717, 1.165) is 6.20 Å². The molecule has 1 aromatic rings. The number of phenols is 1. The van der Waals surface area contributed by atoms with Crippen LogP contribution in [-0.4, -0.2) is 10.0 Å². The highest BCUT2D eigenvalue weighted by molar-refractivity contribution is 5.67. The standard InChI is InChI=1S/C9H9NO3/c1-7(6-10(12)13)8-4-2-3-5-9(8)11/h2-6,11H,1H3. The van der Waals surface area contributed by atoms with Crippen LogP contribution >= 0.6 is 0 Å². The Kier molecular flexibility index (Phi) is 2.64. The van der Waals surface area contributed by atoms with Crippen LogP contribution in [0.15, 0.2) is 30.5 Å². The van der Waals surface area contributed by atoms with E-state index in [1.54, 1.807) is 25.1 Å². The van der Waals surface area contributed by atoms with Crippen molar-refractivity contribution < 1.29 is 10.0 Å². The summed E-state index contributed by atoms with van der Waals surface area (Å²) in [6, 6.07) is 6.50. The minimum absolute atomic E-state index is 0.0538. The topological polar surface area (TPSA) is 63.4 Å². The molecule has 1 rings (SSSR count). The van der Waals surface area contributed by atoms with Gasteiger partial charge in [-0.05, 0) is 13.0 Å². The van der Waals surface area contributed by atoms with Crippen LogP contribution in [-0.2, 0) is 0 Å². The van der Waals surface area contributed by atoms with Crippen LogP contribution in [0.2, 0.25) is 0 Å². The zero-order chi connectivity index (χ0) is 9.84. The van der Waals surface area contributed by atoms with Gasteiger partial charge in [-0.2, -0.15) is 0 Å². The minimum atomic E-state index is -0.540. The van der Waals surface area contributed by atoms with Crippen LogP contribution < -0.4 is 0 Å². The van der Waals surface area contributed by atoms with Crippen molar-refractivity contribution in [1.82, 2.24) is 0 Å². The highest BCUT2D eigenvalue weighted by Crippen LogP contribution is 2.23. The molecule has 0 radical (unpaired) electrons. The van der Waals surface area contributed by atoms with Crippen LogP contribution in [0.3, 0.4) is 0 Å². The number of nitro groups is 1. The Hall–Kier alpha value is -1.84. The third-order valence-electron chi connectivity index (χ3n) is 1.63. The first-order valence-electron chi connectivity index (χ1n) is 3.71. The number of para-hydroxylation sites is 1. The second kappa shape index (κ2) is 3.71. The second-order valence-electron chi connectivity index (χ2n) is 2.61. The first-order valence-corrected chi connectivity index (χ1v) is 3.71. The lowest BCUT2D eigenvalue weighted by molar-refractivity contribution is -0.401. The van der Waals surface area contributed by atoms with E-state index in [0.29, 0.717) is 11.1 Å². The summed E-state index contributed by atoms with van der Waals surface area (Å²) in [4.78, 5) is 9.60. The number of phenolic OH excluding ortho intramolecular Hbond substituents is 1. The van der Waals surface area contributed by atoms with Crippen molar-refractivity contribution in [1.29, 1.82) is 0 Å². The molecule has 0 aliphatic carbocycles. The van der Waals surface area contributed by atoms with E-state index < -0.39 is 4.92 Å². The molecular formula is C9H9NO3. The number of aromatic hydroxyl groups is 1. The summed E-state index contributed by atoms with van der Waals surface area (Å²) in [6.07, 6.45) is 0.870. The molecule has 0 unspecified atom stereocenters.